The molecule has 2 heterocycles. The van der Waals surface area contributed by atoms with Crippen molar-refractivity contribution in [2.45, 2.75) is 38.3 Å². The first-order valence-electron chi connectivity index (χ1n) is 7.69. The molecule has 1 aliphatic heterocycles. The van der Waals surface area contributed by atoms with Gasteiger partial charge in [0.1, 0.15) is 0 Å². The molecule has 2 N–H and O–H groups in total. The van der Waals surface area contributed by atoms with Crippen LogP contribution in [0.1, 0.15) is 26.0 Å². The van der Waals surface area contributed by atoms with E-state index in [-0.39, 0.29) is 17.5 Å². The van der Waals surface area contributed by atoms with Gasteiger partial charge < -0.3 is 10.6 Å². The fraction of sp³-hybridized carbons (Fsp3) is 0.412. The topological polar surface area (TPSA) is 58.9 Å². The summed E-state index contributed by atoms with van der Waals surface area (Å²) in [6, 6.07) is 12.0. The van der Waals surface area contributed by atoms with Crippen molar-refractivity contribution in [2.75, 3.05) is 6.54 Å². The summed E-state index contributed by atoms with van der Waals surface area (Å²) in [4.78, 5) is 12.2. The second kappa shape index (κ2) is 5.93. The molecule has 3 rings (SSSR count). The summed E-state index contributed by atoms with van der Waals surface area (Å²) in [5, 5.41) is 11.0. The van der Waals surface area contributed by atoms with Crippen molar-refractivity contribution in [3.63, 3.8) is 0 Å². The van der Waals surface area contributed by atoms with Gasteiger partial charge in [0.2, 0.25) is 5.91 Å². The molecule has 0 saturated carbocycles. The van der Waals surface area contributed by atoms with Crippen LogP contribution in [0.4, 0.5) is 0 Å². The van der Waals surface area contributed by atoms with Gasteiger partial charge in [-0.3, -0.25) is 4.79 Å². The zero-order valence-electron chi connectivity index (χ0n) is 13.0. The minimum atomic E-state index is -0.0426. The number of carbonyl (C=O) groups is 1. The van der Waals surface area contributed by atoms with Crippen LogP contribution in [0, 0.1) is 0 Å². The van der Waals surface area contributed by atoms with Crippen molar-refractivity contribution < 1.29 is 4.79 Å². The van der Waals surface area contributed by atoms with Gasteiger partial charge in [-0.15, -0.1) is 0 Å². The third kappa shape index (κ3) is 3.20. The Morgan fingerprint density at radius 1 is 1.36 bits per heavy atom. The molecule has 1 fully saturated rings. The zero-order valence-corrected chi connectivity index (χ0v) is 13.0. The summed E-state index contributed by atoms with van der Waals surface area (Å²) in [6.45, 7) is 5.19. The Morgan fingerprint density at radius 3 is 2.82 bits per heavy atom. The SMILES string of the molecule is CC1(C)NCCC1NC(=O)Cc1ccn(-c2ccccc2)n1. The lowest BCUT2D eigenvalue weighted by Crippen LogP contribution is -2.51. The van der Waals surface area contributed by atoms with Gasteiger partial charge in [0.25, 0.3) is 0 Å². The van der Waals surface area contributed by atoms with Gasteiger partial charge in [-0.2, -0.15) is 5.10 Å². The summed E-state index contributed by atoms with van der Waals surface area (Å²) < 4.78 is 1.80. The molecule has 1 saturated heterocycles. The Labute approximate surface area is 130 Å². The molecule has 0 aliphatic carbocycles. The third-order valence-corrected chi connectivity index (χ3v) is 4.23. The van der Waals surface area contributed by atoms with Gasteiger partial charge in [0, 0.05) is 17.8 Å². The summed E-state index contributed by atoms with van der Waals surface area (Å²) in [5.74, 6) is 0.0279. The first-order chi connectivity index (χ1) is 10.5. The minimum absolute atomic E-state index is 0.0279. The Kier molecular flexibility index (Phi) is 3.98. The molecule has 2 aromatic rings. The highest BCUT2D eigenvalue weighted by atomic mass is 16.1. The van der Waals surface area contributed by atoms with Gasteiger partial charge >= 0.3 is 0 Å². The molecule has 1 amide bonds. The van der Waals surface area contributed by atoms with Crippen molar-refractivity contribution >= 4 is 5.91 Å². The number of nitrogens with one attached hydrogen (secondary N) is 2. The van der Waals surface area contributed by atoms with Gasteiger partial charge in [0.05, 0.1) is 17.8 Å². The van der Waals surface area contributed by atoms with Crippen LogP contribution in [0.25, 0.3) is 5.69 Å². The minimum Gasteiger partial charge on any atom is -0.351 e. The van der Waals surface area contributed by atoms with E-state index in [1.54, 1.807) is 4.68 Å². The van der Waals surface area contributed by atoms with E-state index in [4.69, 9.17) is 0 Å². The molecule has 0 bridgehead atoms. The van der Waals surface area contributed by atoms with E-state index in [0.717, 1.165) is 24.3 Å². The monoisotopic (exact) mass is 298 g/mol. The number of nitrogens with zero attached hydrogens (tertiary/aromatic N) is 2. The number of hydrogen-bond acceptors (Lipinski definition) is 3. The summed E-state index contributed by atoms with van der Waals surface area (Å²) in [5.41, 5.74) is 1.74. The van der Waals surface area contributed by atoms with E-state index in [0.29, 0.717) is 6.42 Å². The van der Waals surface area contributed by atoms with Crippen molar-refractivity contribution in [3.05, 3.63) is 48.3 Å². The van der Waals surface area contributed by atoms with Gasteiger partial charge in [0.15, 0.2) is 0 Å². The smallest absolute Gasteiger partial charge is 0.226 e. The largest absolute Gasteiger partial charge is 0.351 e. The number of amides is 1. The number of hydrogen-bond donors (Lipinski definition) is 2. The molecular formula is C17H22N4O. The number of rotatable bonds is 4. The predicted molar refractivity (Wildman–Crippen MR) is 85.9 cm³/mol. The van der Waals surface area contributed by atoms with Crippen LogP contribution in [0.5, 0.6) is 0 Å². The van der Waals surface area contributed by atoms with Crippen LogP contribution in [-0.2, 0) is 11.2 Å². The highest BCUT2D eigenvalue weighted by Crippen LogP contribution is 2.18. The summed E-state index contributed by atoms with van der Waals surface area (Å²) in [7, 11) is 0. The van der Waals surface area contributed by atoms with E-state index in [2.05, 4.69) is 29.6 Å². The lowest BCUT2D eigenvalue weighted by molar-refractivity contribution is -0.121. The number of aromatic nitrogens is 2. The van der Waals surface area contributed by atoms with Crippen LogP contribution in [0.15, 0.2) is 42.6 Å². The Bertz CT molecular complexity index is 648. The maximum absolute atomic E-state index is 12.2. The maximum atomic E-state index is 12.2. The fourth-order valence-electron chi connectivity index (χ4n) is 2.87. The second-order valence-electron chi connectivity index (χ2n) is 6.32. The van der Waals surface area contributed by atoms with E-state index in [9.17, 15) is 4.79 Å². The Morgan fingerprint density at radius 2 is 2.14 bits per heavy atom. The lowest BCUT2D eigenvalue weighted by atomic mass is 9.97. The molecule has 1 aromatic carbocycles. The van der Waals surface area contributed by atoms with Crippen molar-refractivity contribution in [3.8, 4) is 5.69 Å². The Balaban J connectivity index is 1.62. The van der Waals surface area contributed by atoms with Gasteiger partial charge in [-0.25, -0.2) is 4.68 Å². The zero-order chi connectivity index (χ0) is 15.6. The average molecular weight is 298 g/mol. The summed E-state index contributed by atoms with van der Waals surface area (Å²) >= 11 is 0. The van der Waals surface area contributed by atoms with Crippen molar-refractivity contribution in [2.24, 2.45) is 0 Å². The molecule has 1 unspecified atom stereocenters. The molecule has 1 atom stereocenters. The summed E-state index contributed by atoms with van der Waals surface area (Å²) in [6.07, 6.45) is 3.17. The number of carbonyl (C=O) groups excluding carboxylic acids is 1. The standard InChI is InChI=1S/C17H22N4O/c1-17(2)15(8-10-18-17)19-16(22)12-13-9-11-21(20-13)14-6-4-3-5-7-14/h3-7,9,11,15,18H,8,10,12H2,1-2H3,(H,19,22). The quantitative estimate of drug-likeness (QED) is 0.903. The molecule has 22 heavy (non-hydrogen) atoms. The molecule has 5 heteroatoms. The highest BCUT2D eigenvalue weighted by Gasteiger charge is 2.34. The normalized spacial score (nSPS) is 20.0. The highest BCUT2D eigenvalue weighted by molar-refractivity contribution is 5.78. The molecule has 1 aromatic heterocycles. The maximum Gasteiger partial charge on any atom is 0.226 e. The first kappa shape index (κ1) is 14.8. The van der Waals surface area contributed by atoms with Crippen LogP contribution in [0.2, 0.25) is 0 Å². The van der Waals surface area contributed by atoms with Crippen molar-refractivity contribution in [1.29, 1.82) is 0 Å². The van der Waals surface area contributed by atoms with Crippen LogP contribution in [-0.4, -0.2) is 33.8 Å². The van der Waals surface area contributed by atoms with E-state index in [1.807, 2.05) is 42.6 Å². The molecule has 116 valence electrons. The third-order valence-electron chi connectivity index (χ3n) is 4.23. The van der Waals surface area contributed by atoms with Gasteiger partial charge in [-0.1, -0.05) is 18.2 Å². The second-order valence-corrected chi connectivity index (χ2v) is 6.32. The van der Waals surface area contributed by atoms with Crippen LogP contribution >= 0.6 is 0 Å². The van der Waals surface area contributed by atoms with E-state index in [1.165, 1.54) is 0 Å². The Hall–Kier alpha value is -2.14. The molecule has 0 radical (unpaired) electrons. The first-order valence-corrected chi connectivity index (χ1v) is 7.69. The molecule has 1 aliphatic rings. The number of para-hydroxylation sites is 1. The predicted octanol–water partition coefficient (Wildman–Crippen LogP) is 1.67. The average Bonchev–Trinajstić information content (AvgIpc) is 3.07. The van der Waals surface area contributed by atoms with E-state index < -0.39 is 0 Å². The van der Waals surface area contributed by atoms with Crippen LogP contribution in [0.3, 0.4) is 0 Å². The van der Waals surface area contributed by atoms with E-state index >= 15 is 0 Å². The molecule has 5 nitrogen and oxygen atoms in total. The van der Waals surface area contributed by atoms with Crippen LogP contribution < -0.4 is 10.6 Å². The molecule has 0 spiro atoms. The fourth-order valence-corrected chi connectivity index (χ4v) is 2.87. The molecular weight excluding hydrogens is 276 g/mol. The van der Waals surface area contributed by atoms with Crippen molar-refractivity contribution in [1.82, 2.24) is 20.4 Å². The number of benzene rings is 1. The van der Waals surface area contributed by atoms with Gasteiger partial charge in [-0.05, 0) is 45.0 Å². The lowest BCUT2D eigenvalue weighted by Gasteiger charge is -2.27.